The summed E-state index contributed by atoms with van der Waals surface area (Å²) in [6.07, 6.45) is 6.08. The number of nitrogens with zero attached hydrogens (tertiary/aromatic N) is 1. The number of allylic oxidation sites excluding steroid dienone is 2. The first-order valence-corrected chi connectivity index (χ1v) is 11.3. The first-order chi connectivity index (χ1) is 14.7. The maximum atomic E-state index is 12.6. The Balaban J connectivity index is 1.46. The van der Waals surface area contributed by atoms with Gasteiger partial charge in [-0.3, -0.25) is 4.79 Å². The van der Waals surface area contributed by atoms with E-state index in [2.05, 4.69) is 98.2 Å². The number of rotatable bonds is 7. The average molecular weight is 417 g/mol. The lowest BCUT2D eigenvalue weighted by Gasteiger charge is -2.33. The Hall–Kier alpha value is -2.81. The standard InChI is InChI=1S/C28H36N2O/c1-21(18-22(2)30-17-15-25-8-6-7-9-26(25)20-30)27(31)29-19-24-12-10-23(11-13-24)14-16-28(3,4)5/h6-14,16,21H,2,15,17-20H2,1,3-5H3,(H,29,31)/b16-14+. The van der Waals surface area contributed by atoms with Gasteiger partial charge in [0.25, 0.3) is 0 Å². The lowest BCUT2D eigenvalue weighted by Crippen LogP contribution is -2.33. The van der Waals surface area contributed by atoms with Gasteiger partial charge in [0.1, 0.15) is 0 Å². The molecule has 2 aromatic carbocycles. The van der Waals surface area contributed by atoms with Crippen LogP contribution in [0.15, 0.2) is 66.9 Å². The summed E-state index contributed by atoms with van der Waals surface area (Å²) in [5, 5.41) is 3.08. The Morgan fingerprint density at radius 3 is 2.48 bits per heavy atom. The SMILES string of the molecule is C=C(CC(C)C(=O)NCc1ccc(/C=C/C(C)(C)C)cc1)N1CCc2ccccc2C1. The quantitative estimate of drug-likeness (QED) is 0.604. The predicted molar refractivity (Wildman–Crippen MR) is 130 cm³/mol. The third kappa shape index (κ3) is 6.85. The van der Waals surface area contributed by atoms with Crippen molar-refractivity contribution in [1.82, 2.24) is 10.2 Å². The zero-order valence-electron chi connectivity index (χ0n) is 19.4. The molecule has 1 aliphatic heterocycles. The first-order valence-electron chi connectivity index (χ1n) is 11.3. The third-order valence-electron chi connectivity index (χ3n) is 5.79. The van der Waals surface area contributed by atoms with Crippen molar-refractivity contribution in [2.24, 2.45) is 11.3 Å². The molecule has 0 spiro atoms. The van der Waals surface area contributed by atoms with Gasteiger partial charge < -0.3 is 10.2 Å². The molecule has 3 nitrogen and oxygen atoms in total. The van der Waals surface area contributed by atoms with Crippen LogP contribution in [0.4, 0.5) is 0 Å². The van der Waals surface area contributed by atoms with Crippen molar-refractivity contribution in [3.63, 3.8) is 0 Å². The fraction of sp³-hybridized carbons (Fsp3) is 0.393. The second kappa shape index (κ2) is 10.00. The van der Waals surface area contributed by atoms with Gasteiger partial charge in [0.05, 0.1) is 0 Å². The minimum absolute atomic E-state index is 0.0789. The van der Waals surface area contributed by atoms with E-state index in [1.165, 1.54) is 16.7 Å². The highest BCUT2D eigenvalue weighted by Crippen LogP contribution is 2.24. The highest BCUT2D eigenvalue weighted by atomic mass is 16.1. The molecule has 2 aromatic rings. The Bertz CT molecular complexity index is 934. The van der Waals surface area contributed by atoms with Crippen molar-refractivity contribution in [3.8, 4) is 0 Å². The van der Waals surface area contributed by atoms with Gasteiger partial charge in [0.15, 0.2) is 0 Å². The molecule has 3 rings (SSSR count). The highest BCUT2D eigenvalue weighted by Gasteiger charge is 2.20. The van der Waals surface area contributed by atoms with Gasteiger partial charge in [-0.15, -0.1) is 0 Å². The van der Waals surface area contributed by atoms with Crippen LogP contribution in [0.25, 0.3) is 6.08 Å². The molecule has 164 valence electrons. The molecule has 0 bridgehead atoms. The third-order valence-corrected chi connectivity index (χ3v) is 5.79. The summed E-state index contributed by atoms with van der Waals surface area (Å²) in [5.41, 5.74) is 6.31. The van der Waals surface area contributed by atoms with Crippen LogP contribution < -0.4 is 5.32 Å². The van der Waals surface area contributed by atoms with E-state index < -0.39 is 0 Å². The van der Waals surface area contributed by atoms with Crippen molar-refractivity contribution in [2.45, 2.75) is 53.6 Å². The predicted octanol–water partition coefficient (Wildman–Crippen LogP) is 5.96. The van der Waals surface area contributed by atoms with Gasteiger partial charge in [-0.25, -0.2) is 0 Å². The smallest absolute Gasteiger partial charge is 0.223 e. The second-order valence-electron chi connectivity index (χ2n) is 9.77. The van der Waals surface area contributed by atoms with Gasteiger partial charge in [0, 0.05) is 31.2 Å². The van der Waals surface area contributed by atoms with Crippen molar-refractivity contribution in [2.75, 3.05) is 6.54 Å². The summed E-state index contributed by atoms with van der Waals surface area (Å²) in [5.74, 6) is -0.0195. The van der Waals surface area contributed by atoms with E-state index in [1.807, 2.05) is 6.92 Å². The van der Waals surface area contributed by atoms with Crippen LogP contribution in [-0.2, 0) is 24.3 Å². The number of carbonyl (C=O) groups is 1. The molecule has 1 aliphatic rings. The van der Waals surface area contributed by atoms with Gasteiger partial charge in [-0.05, 0) is 40.5 Å². The normalized spacial score (nSPS) is 14.9. The van der Waals surface area contributed by atoms with Gasteiger partial charge in [0.2, 0.25) is 5.91 Å². The van der Waals surface area contributed by atoms with Gasteiger partial charge in [-0.1, -0.05) is 95.0 Å². The molecule has 0 aromatic heterocycles. The Morgan fingerprint density at radius 2 is 1.81 bits per heavy atom. The summed E-state index contributed by atoms with van der Waals surface area (Å²) in [6.45, 7) is 15.2. The number of carbonyl (C=O) groups excluding carboxylic acids is 1. The summed E-state index contributed by atoms with van der Waals surface area (Å²) in [6, 6.07) is 17.0. The number of hydrogen-bond acceptors (Lipinski definition) is 2. The lowest BCUT2D eigenvalue weighted by molar-refractivity contribution is -0.124. The molecule has 0 fully saturated rings. The number of amides is 1. The molecule has 31 heavy (non-hydrogen) atoms. The van der Waals surface area contributed by atoms with Crippen LogP contribution in [0.5, 0.6) is 0 Å². The van der Waals surface area contributed by atoms with E-state index in [0.717, 1.165) is 30.8 Å². The minimum atomic E-state index is -0.0985. The molecule has 0 aliphatic carbocycles. The van der Waals surface area contributed by atoms with E-state index in [4.69, 9.17) is 0 Å². The van der Waals surface area contributed by atoms with Crippen molar-refractivity contribution in [1.29, 1.82) is 0 Å². The fourth-order valence-electron chi connectivity index (χ4n) is 3.80. The molecule has 1 heterocycles. The average Bonchev–Trinajstić information content (AvgIpc) is 2.75. The van der Waals surface area contributed by atoms with Crippen LogP contribution in [0.2, 0.25) is 0 Å². The fourth-order valence-corrected chi connectivity index (χ4v) is 3.80. The lowest BCUT2D eigenvalue weighted by atomic mass is 9.95. The second-order valence-corrected chi connectivity index (χ2v) is 9.77. The van der Waals surface area contributed by atoms with Crippen LogP contribution in [0, 0.1) is 11.3 Å². The summed E-state index contributed by atoms with van der Waals surface area (Å²) < 4.78 is 0. The minimum Gasteiger partial charge on any atom is -0.371 e. The largest absolute Gasteiger partial charge is 0.371 e. The summed E-state index contributed by atoms with van der Waals surface area (Å²) in [7, 11) is 0. The van der Waals surface area contributed by atoms with E-state index >= 15 is 0 Å². The van der Waals surface area contributed by atoms with Crippen molar-refractivity contribution in [3.05, 3.63) is 89.1 Å². The summed E-state index contributed by atoms with van der Waals surface area (Å²) >= 11 is 0. The van der Waals surface area contributed by atoms with E-state index in [9.17, 15) is 4.79 Å². The molecule has 1 atom stereocenters. The van der Waals surface area contributed by atoms with Gasteiger partial charge >= 0.3 is 0 Å². The molecule has 0 saturated heterocycles. The Kier molecular flexibility index (Phi) is 7.37. The van der Waals surface area contributed by atoms with E-state index in [0.29, 0.717) is 13.0 Å². The maximum Gasteiger partial charge on any atom is 0.223 e. The van der Waals surface area contributed by atoms with Crippen molar-refractivity contribution < 1.29 is 4.79 Å². The molecule has 1 amide bonds. The van der Waals surface area contributed by atoms with Crippen LogP contribution in [0.3, 0.4) is 0 Å². The molecular weight excluding hydrogens is 380 g/mol. The van der Waals surface area contributed by atoms with E-state index in [1.54, 1.807) is 0 Å². The number of fused-ring (bicyclic) bond motifs is 1. The zero-order valence-corrected chi connectivity index (χ0v) is 19.4. The molecule has 1 unspecified atom stereocenters. The Morgan fingerprint density at radius 1 is 1.13 bits per heavy atom. The van der Waals surface area contributed by atoms with Crippen LogP contribution >= 0.6 is 0 Å². The summed E-state index contributed by atoms with van der Waals surface area (Å²) in [4.78, 5) is 14.9. The Labute approximate surface area is 187 Å². The van der Waals surface area contributed by atoms with Crippen molar-refractivity contribution >= 4 is 12.0 Å². The maximum absolute atomic E-state index is 12.6. The number of nitrogens with one attached hydrogen (secondary N) is 1. The van der Waals surface area contributed by atoms with Gasteiger partial charge in [-0.2, -0.15) is 0 Å². The molecular formula is C28H36N2O. The number of benzene rings is 2. The van der Waals surface area contributed by atoms with Crippen LogP contribution in [0.1, 0.15) is 56.4 Å². The molecule has 0 radical (unpaired) electrons. The molecule has 3 heteroatoms. The monoisotopic (exact) mass is 416 g/mol. The molecule has 1 N–H and O–H groups in total. The van der Waals surface area contributed by atoms with Crippen LogP contribution in [-0.4, -0.2) is 17.4 Å². The highest BCUT2D eigenvalue weighted by molar-refractivity contribution is 5.78. The zero-order chi connectivity index (χ0) is 22.4. The topological polar surface area (TPSA) is 32.3 Å². The number of hydrogen-bond donors (Lipinski definition) is 1. The van der Waals surface area contributed by atoms with E-state index in [-0.39, 0.29) is 17.2 Å². The molecule has 0 saturated carbocycles. The first kappa shape index (κ1) is 22.9.